The van der Waals surface area contributed by atoms with E-state index in [0.717, 1.165) is 5.75 Å². The normalized spacial score (nSPS) is 21.7. The minimum absolute atomic E-state index is 0.465. The van der Waals surface area contributed by atoms with Crippen molar-refractivity contribution in [2.24, 2.45) is 4.99 Å². The molecule has 1 aromatic heterocycles. The second kappa shape index (κ2) is 3.50. The molecule has 0 aliphatic carbocycles. The molecule has 2 heterocycles. The minimum Gasteiger partial charge on any atom is -0.274 e. The molecule has 1 aliphatic rings. The molecule has 3 heteroatoms. The van der Waals surface area contributed by atoms with E-state index in [2.05, 4.69) is 23.8 Å². The summed E-state index contributed by atoms with van der Waals surface area (Å²) in [5.74, 6) is 1.11. The third-order valence-corrected chi connectivity index (χ3v) is 3.30. The van der Waals surface area contributed by atoms with Crippen LogP contribution in [-0.4, -0.2) is 21.8 Å². The van der Waals surface area contributed by atoms with Gasteiger partial charge in [-0.25, -0.2) is 0 Å². The lowest BCUT2D eigenvalue weighted by atomic mass is 10.2. The lowest BCUT2D eigenvalue weighted by Crippen LogP contribution is -1.96. The van der Waals surface area contributed by atoms with E-state index in [9.17, 15) is 0 Å². The highest BCUT2D eigenvalue weighted by Crippen LogP contribution is 2.24. The fourth-order valence-electron chi connectivity index (χ4n) is 1.33. The quantitative estimate of drug-likeness (QED) is 0.682. The standard InChI is InChI=1S/C10H12N2S/c1-7-5-11-4-3-9(7)10-12-8(2)6-13-10/h3-5,8H,6H2,1-2H3/t8-/m1/s1. The Labute approximate surface area is 82.5 Å². The molecule has 1 aromatic rings. The number of hydrogen-bond donors (Lipinski definition) is 0. The van der Waals surface area contributed by atoms with Gasteiger partial charge in [-0.15, -0.1) is 11.8 Å². The van der Waals surface area contributed by atoms with Crippen LogP contribution in [0, 0.1) is 6.92 Å². The third kappa shape index (κ3) is 1.75. The molecule has 0 saturated carbocycles. The zero-order valence-corrected chi connectivity index (χ0v) is 8.64. The van der Waals surface area contributed by atoms with Crippen molar-refractivity contribution in [3.05, 3.63) is 29.6 Å². The molecule has 0 bridgehead atoms. The van der Waals surface area contributed by atoms with Gasteiger partial charge in [-0.2, -0.15) is 0 Å². The second-order valence-electron chi connectivity index (χ2n) is 3.28. The molecule has 1 aliphatic heterocycles. The molecule has 13 heavy (non-hydrogen) atoms. The van der Waals surface area contributed by atoms with E-state index in [-0.39, 0.29) is 0 Å². The number of thioether (sulfide) groups is 1. The van der Waals surface area contributed by atoms with Crippen LogP contribution >= 0.6 is 11.8 Å². The van der Waals surface area contributed by atoms with Gasteiger partial charge in [0.05, 0.1) is 11.1 Å². The summed E-state index contributed by atoms with van der Waals surface area (Å²) in [7, 11) is 0. The van der Waals surface area contributed by atoms with E-state index in [1.807, 2.05) is 30.2 Å². The van der Waals surface area contributed by atoms with E-state index < -0.39 is 0 Å². The number of pyridine rings is 1. The summed E-state index contributed by atoms with van der Waals surface area (Å²) in [4.78, 5) is 8.64. The van der Waals surface area contributed by atoms with E-state index >= 15 is 0 Å². The molecule has 0 aromatic carbocycles. The molecule has 2 nitrogen and oxygen atoms in total. The van der Waals surface area contributed by atoms with Crippen LogP contribution < -0.4 is 0 Å². The van der Waals surface area contributed by atoms with Gasteiger partial charge < -0.3 is 0 Å². The van der Waals surface area contributed by atoms with Crippen molar-refractivity contribution in [3.8, 4) is 0 Å². The first-order valence-electron chi connectivity index (χ1n) is 4.39. The maximum absolute atomic E-state index is 4.57. The number of rotatable bonds is 1. The number of aliphatic imine (C=N–C) groups is 1. The number of aryl methyl sites for hydroxylation is 1. The molecule has 68 valence electrons. The minimum atomic E-state index is 0.465. The van der Waals surface area contributed by atoms with E-state index in [4.69, 9.17) is 0 Å². The molecule has 0 amide bonds. The van der Waals surface area contributed by atoms with E-state index in [1.54, 1.807) is 0 Å². The summed E-state index contributed by atoms with van der Waals surface area (Å²) in [6.07, 6.45) is 3.72. The molecule has 0 unspecified atom stereocenters. The first kappa shape index (κ1) is 8.75. The summed E-state index contributed by atoms with van der Waals surface area (Å²) >= 11 is 1.84. The first-order chi connectivity index (χ1) is 6.27. The topological polar surface area (TPSA) is 25.2 Å². The highest BCUT2D eigenvalue weighted by atomic mass is 32.2. The molecule has 1 atom stereocenters. The molecule has 0 radical (unpaired) electrons. The Morgan fingerprint density at radius 3 is 3.00 bits per heavy atom. The Morgan fingerprint density at radius 2 is 2.38 bits per heavy atom. The fraction of sp³-hybridized carbons (Fsp3) is 0.400. The van der Waals surface area contributed by atoms with Crippen LogP contribution in [0.2, 0.25) is 0 Å². The Balaban J connectivity index is 2.36. The zero-order chi connectivity index (χ0) is 9.26. The number of nitrogens with zero attached hydrogens (tertiary/aromatic N) is 2. The van der Waals surface area contributed by atoms with Crippen LogP contribution in [0.15, 0.2) is 23.5 Å². The Kier molecular flexibility index (Phi) is 2.36. The van der Waals surface area contributed by atoms with Crippen molar-refractivity contribution in [1.29, 1.82) is 0 Å². The fourth-order valence-corrected chi connectivity index (χ4v) is 2.45. The summed E-state index contributed by atoms with van der Waals surface area (Å²) in [5.41, 5.74) is 2.45. The van der Waals surface area contributed by atoms with E-state index in [1.165, 1.54) is 16.2 Å². The number of aromatic nitrogens is 1. The number of hydrogen-bond acceptors (Lipinski definition) is 3. The SMILES string of the molecule is Cc1cnccc1C1=N[C@H](C)CS1. The summed E-state index contributed by atoms with van der Waals surface area (Å²) < 4.78 is 0. The predicted octanol–water partition coefficient (Wildman–Crippen LogP) is 2.27. The molecule has 0 saturated heterocycles. The van der Waals surface area contributed by atoms with Crippen molar-refractivity contribution in [2.75, 3.05) is 5.75 Å². The van der Waals surface area contributed by atoms with Crippen molar-refractivity contribution in [2.45, 2.75) is 19.9 Å². The van der Waals surface area contributed by atoms with Gasteiger partial charge in [0.25, 0.3) is 0 Å². The van der Waals surface area contributed by atoms with Crippen molar-refractivity contribution >= 4 is 16.8 Å². The second-order valence-corrected chi connectivity index (χ2v) is 4.29. The van der Waals surface area contributed by atoms with Gasteiger partial charge in [-0.05, 0) is 25.5 Å². The van der Waals surface area contributed by atoms with Crippen molar-refractivity contribution in [3.63, 3.8) is 0 Å². The van der Waals surface area contributed by atoms with Crippen molar-refractivity contribution in [1.82, 2.24) is 4.98 Å². The first-order valence-corrected chi connectivity index (χ1v) is 5.37. The van der Waals surface area contributed by atoms with Crippen LogP contribution in [0.1, 0.15) is 18.1 Å². The van der Waals surface area contributed by atoms with Crippen LogP contribution in [0.3, 0.4) is 0 Å². The van der Waals surface area contributed by atoms with Crippen LogP contribution in [0.4, 0.5) is 0 Å². The van der Waals surface area contributed by atoms with Gasteiger partial charge in [0.15, 0.2) is 0 Å². The smallest absolute Gasteiger partial charge is 0.0985 e. The molecule has 0 fully saturated rings. The van der Waals surface area contributed by atoms with Gasteiger partial charge in [0.2, 0.25) is 0 Å². The molecular weight excluding hydrogens is 180 g/mol. The van der Waals surface area contributed by atoms with E-state index in [0.29, 0.717) is 6.04 Å². The van der Waals surface area contributed by atoms with Crippen molar-refractivity contribution < 1.29 is 0 Å². The summed E-state index contributed by atoms with van der Waals surface area (Å²) in [6.45, 7) is 4.23. The Bertz CT molecular complexity index is 347. The maximum atomic E-state index is 4.57. The van der Waals surface area contributed by atoms with Gasteiger partial charge in [0.1, 0.15) is 0 Å². The predicted molar refractivity (Wildman–Crippen MR) is 57.4 cm³/mol. The van der Waals surface area contributed by atoms with Crippen LogP contribution in [-0.2, 0) is 0 Å². The maximum Gasteiger partial charge on any atom is 0.0985 e. The average molecular weight is 192 g/mol. The summed E-state index contributed by atoms with van der Waals surface area (Å²) in [6, 6.07) is 2.51. The molecule has 0 spiro atoms. The molecule has 2 rings (SSSR count). The Morgan fingerprint density at radius 1 is 1.54 bits per heavy atom. The van der Waals surface area contributed by atoms with Gasteiger partial charge in [0, 0.05) is 23.7 Å². The van der Waals surface area contributed by atoms with Gasteiger partial charge in [-0.3, -0.25) is 9.98 Å². The third-order valence-electron chi connectivity index (χ3n) is 2.05. The molecule has 0 N–H and O–H groups in total. The highest BCUT2D eigenvalue weighted by Gasteiger charge is 2.16. The largest absolute Gasteiger partial charge is 0.274 e. The lowest BCUT2D eigenvalue weighted by Gasteiger charge is -2.02. The molecular formula is C10H12N2S. The monoisotopic (exact) mass is 192 g/mol. The van der Waals surface area contributed by atoms with Crippen LogP contribution in [0.25, 0.3) is 0 Å². The van der Waals surface area contributed by atoms with Crippen LogP contribution in [0.5, 0.6) is 0 Å². The zero-order valence-electron chi connectivity index (χ0n) is 7.82. The van der Waals surface area contributed by atoms with Gasteiger partial charge in [-0.1, -0.05) is 0 Å². The van der Waals surface area contributed by atoms with Gasteiger partial charge >= 0.3 is 0 Å². The highest BCUT2D eigenvalue weighted by molar-refractivity contribution is 8.14. The average Bonchev–Trinajstić information content (AvgIpc) is 2.53. The lowest BCUT2D eigenvalue weighted by molar-refractivity contribution is 0.865. The summed E-state index contributed by atoms with van der Waals surface area (Å²) in [5, 5.41) is 1.17. The Hall–Kier alpha value is -0.830.